The topological polar surface area (TPSA) is 126 Å². The van der Waals surface area contributed by atoms with Crippen LogP contribution >= 0.6 is 0 Å². The number of aliphatic hydroxyl groups excluding tert-OH is 3. The Hall–Kier alpha value is -3.76. The number of hydrogen-bond donors (Lipinski definition) is 4. The van der Waals surface area contributed by atoms with E-state index in [2.05, 4.69) is 5.32 Å². The molecule has 5 aromatic rings. The fourth-order valence-electron chi connectivity index (χ4n) is 6.57. The lowest BCUT2D eigenvalue weighted by Gasteiger charge is -2.47. The fraction of sp³-hybridized carbons (Fsp3) is 0.231. The third kappa shape index (κ3) is 1.95. The van der Waals surface area contributed by atoms with Crippen LogP contribution in [0.3, 0.4) is 0 Å². The summed E-state index contributed by atoms with van der Waals surface area (Å²) in [5.74, 6) is -0.961. The molecule has 0 aliphatic carbocycles. The lowest BCUT2D eigenvalue weighted by atomic mass is 9.93. The molecule has 0 spiro atoms. The van der Waals surface area contributed by atoms with E-state index in [9.17, 15) is 24.9 Å². The third-order valence-electron chi connectivity index (χ3n) is 8.01. The zero-order valence-electron chi connectivity index (χ0n) is 18.4. The average Bonchev–Trinajstić information content (AvgIpc) is 3.45. The van der Waals surface area contributed by atoms with Crippen molar-refractivity contribution in [3.63, 3.8) is 0 Å². The second-order valence-electron chi connectivity index (χ2n) is 9.71. The first-order valence-electron chi connectivity index (χ1n) is 11.4. The van der Waals surface area contributed by atoms with Crippen molar-refractivity contribution in [3.8, 4) is 0 Å². The Balaban J connectivity index is 1.78. The zero-order valence-corrected chi connectivity index (χ0v) is 18.4. The van der Waals surface area contributed by atoms with Gasteiger partial charge in [0.25, 0.3) is 11.8 Å². The highest BCUT2D eigenvalue weighted by molar-refractivity contribution is 6.39. The van der Waals surface area contributed by atoms with Crippen LogP contribution in [-0.2, 0) is 10.5 Å². The summed E-state index contributed by atoms with van der Waals surface area (Å²) in [7, 11) is 0. The number of amides is 2. The van der Waals surface area contributed by atoms with Crippen molar-refractivity contribution in [3.05, 3.63) is 59.7 Å². The van der Waals surface area contributed by atoms with E-state index in [-0.39, 0.29) is 11.1 Å². The van der Waals surface area contributed by atoms with Gasteiger partial charge in [0.05, 0.1) is 33.2 Å². The maximum absolute atomic E-state index is 13.2. The molecular formula is C26H19N3O6. The van der Waals surface area contributed by atoms with E-state index in [1.54, 1.807) is 11.5 Å². The summed E-state index contributed by atoms with van der Waals surface area (Å²) < 4.78 is 10.1. The van der Waals surface area contributed by atoms with Crippen LogP contribution in [0.1, 0.15) is 33.9 Å². The van der Waals surface area contributed by atoms with Crippen LogP contribution in [0.4, 0.5) is 0 Å². The molecule has 0 radical (unpaired) electrons. The Kier molecular flexibility index (Phi) is 3.29. The monoisotopic (exact) mass is 469 g/mol. The molecule has 5 heterocycles. The summed E-state index contributed by atoms with van der Waals surface area (Å²) >= 11 is 0. The Morgan fingerprint density at radius 3 is 2.09 bits per heavy atom. The minimum absolute atomic E-state index is 0.283. The van der Waals surface area contributed by atoms with E-state index in [4.69, 9.17) is 4.74 Å². The lowest BCUT2D eigenvalue weighted by molar-refractivity contribution is -0.309. The average molecular weight is 469 g/mol. The molecule has 3 aliphatic rings. The maximum Gasteiger partial charge on any atom is 0.259 e. The molecule has 9 nitrogen and oxygen atoms in total. The molecule has 2 aromatic heterocycles. The molecule has 0 saturated carbocycles. The normalized spacial score (nSPS) is 29.5. The van der Waals surface area contributed by atoms with Crippen LogP contribution in [0.25, 0.3) is 43.6 Å². The van der Waals surface area contributed by atoms with Gasteiger partial charge in [-0.25, -0.2) is 0 Å². The molecule has 4 N–H and O–H groups in total. The van der Waals surface area contributed by atoms with E-state index in [1.807, 2.05) is 53.1 Å². The lowest BCUT2D eigenvalue weighted by Crippen LogP contribution is -2.61. The first kappa shape index (κ1) is 19.5. The molecule has 2 bridgehead atoms. The van der Waals surface area contributed by atoms with Gasteiger partial charge in [-0.05, 0) is 19.1 Å². The van der Waals surface area contributed by atoms with Gasteiger partial charge in [-0.1, -0.05) is 36.4 Å². The number of nitrogens with one attached hydrogen (secondary N) is 1. The van der Waals surface area contributed by atoms with Crippen LogP contribution in [0.15, 0.2) is 48.5 Å². The molecule has 3 aromatic carbocycles. The highest BCUT2D eigenvalue weighted by Gasteiger charge is 2.56. The third-order valence-corrected chi connectivity index (χ3v) is 8.01. The van der Waals surface area contributed by atoms with E-state index in [0.717, 1.165) is 10.8 Å². The number of fused-ring (bicyclic) bond motifs is 13. The van der Waals surface area contributed by atoms with Gasteiger partial charge in [-0.15, -0.1) is 0 Å². The molecule has 1 fully saturated rings. The number of aliphatic hydroxyl groups is 3. The maximum atomic E-state index is 13.2. The van der Waals surface area contributed by atoms with Crippen molar-refractivity contribution in [2.24, 2.45) is 0 Å². The van der Waals surface area contributed by atoms with Gasteiger partial charge < -0.3 is 29.2 Å². The Morgan fingerprint density at radius 2 is 1.40 bits per heavy atom. The summed E-state index contributed by atoms with van der Waals surface area (Å²) in [6, 6.07) is 14.8. The summed E-state index contributed by atoms with van der Waals surface area (Å²) in [6.45, 7) is 1.67. The van der Waals surface area contributed by atoms with Gasteiger partial charge in [-0.2, -0.15) is 0 Å². The van der Waals surface area contributed by atoms with Crippen LogP contribution in [0.2, 0.25) is 0 Å². The molecule has 5 unspecified atom stereocenters. The van der Waals surface area contributed by atoms with Crippen molar-refractivity contribution in [1.29, 1.82) is 0 Å². The first-order valence-corrected chi connectivity index (χ1v) is 11.4. The predicted octanol–water partition coefficient (Wildman–Crippen LogP) is 2.08. The number of ether oxygens (including phenoxy) is 1. The summed E-state index contributed by atoms with van der Waals surface area (Å²) in [5, 5.41) is 38.4. The first-order chi connectivity index (χ1) is 16.8. The standard InChI is InChI=1S/C26H19N3O6/c1-26-22(32)20(30)21(31)25(35-26)28-12-8-4-2-6-10(12)14-16-17(24(34)27-23(16)33)15-11-7-3-5-9-13(11)29(26)19(15)18(14)28/h2-9,20-22,25,30-32H,1H3,(H,27,33,34). The van der Waals surface area contributed by atoms with Crippen molar-refractivity contribution in [1.82, 2.24) is 14.5 Å². The molecule has 35 heavy (non-hydrogen) atoms. The Morgan fingerprint density at radius 1 is 0.829 bits per heavy atom. The summed E-state index contributed by atoms with van der Waals surface area (Å²) in [5.41, 5.74) is 1.65. The highest BCUT2D eigenvalue weighted by Crippen LogP contribution is 2.53. The molecule has 1 saturated heterocycles. The van der Waals surface area contributed by atoms with E-state index in [0.29, 0.717) is 32.8 Å². The van der Waals surface area contributed by atoms with Crippen molar-refractivity contribution in [2.75, 3.05) is 0 Å². The Labute approximate surface area is 196 Å². The van der Waals surface area contributed by atoms with Gasteiger partial charge in [0.1, 0.15) is 18.3 Å². The number of carbonyl (C=O) groups is 2. The van der Waals surface area contributed by atoms with Crippen LogP contribution in [0, 0.1) is 0 Å². The molecule has 3 aliphatic heterocycles. The zero-order chi connectivity index (χ0) is 24.0. The highest BCUT2D eigenvalue weighted by atomic mass is 16.6. The number of imide groups is 1. The van der Waals surface area contributed by atoms with E-state index >= 15 is 0 Å². The second kappa shape index (κ2) is 5.89. The van der Waals surface area contributed by atoms with Gasteiger partial charge in [-0.3, -0.25) is 14.9 Å². The molecule has 5 atom stereocenters. The van der Waals surface area contributed by atoms with Crippen molar-refractivity contribution in [2.45, 2.75) is 37.2 Å². The number of hydrogen-bond acceptors (Lipinski definition) is 6. The number of nitrogens with zero attached hydrogens (tertiary/aromatic N) is 2. The predicted molar refractivity (Wildman–Crippen MR) is 126 cm³/mol. The number of carbonyl (C=O) groups excluding carboxylic acids is 2. The molecular weight excluding hydrogens is 450 g/mol. The SMILES string of the molecule is CC12OC(C(O)C(O)C1O)n1c3ccccc3c3c4c(c5c6ccccc6n2c5c31)C(=O)NC4=O. The molecule has 174 valence electrons. The largest absolute Gasteiger partial charge is 0.387 e. The van der Waals surface area contributed by atoms with Gasteiger partial charge >= 0.3 is 0 Å². The van der Waals surface area contributed by atoms with Gasteiger partial charge in [0.15, 0.2) is 12.0 Å². The summed E-state index contributed by atoms with van der Waals surface area (Å²) in [4.78, 5) is 26.4. The minimum Gasteiger partial charge on any atom is -0.387 e. The van der Waals surface area contributed by atoms with Crippen LogP contribution in [0.5, 0.6) is 0 Å². The van der Waals surface area contributed by atoms with Gasteiger partial charge in [0.2, 0.25) is 0 Å². The number of para-hydroxylation sites is 2. The number of benzene rings is 3. The number of rotatable bonds is 0. The second-order valence-corrected chi connectivity index (χ2v) is 9.71. The Bertz CT molecular complexity index is 1830. The molecule has 2 amide bonds. The van der Waals surface area contributed by atoms with E-state index < -0.39 is 42.1 Å². The quantitative estimate of drug-likeness (QED) is 0.257. The van der Waals surface area contributed by atoms with Crippen molar-refractivity contribution >= 4 is 55.4 Å². The fourth-order valence-corrected chi connectivity index (χ4v) is 6.57. The molecule has 8 rings (SSSR count). The van der Waals surface area contributed by atoms with Gasteiger partial charge in [0, 0.05) is 21.5 Å². The van der Waals surface area contributed by atoms with Crippen LogP contribution < -0.4 is 5.32 Å². The smallest absolute Gasteiger partial charge is 0.259 e. The summed E-state index contributed by atoms with van der Waals surface area (Å²) in [6.07, 6.45) is -5.47. The van der Waals surface area contributed by atoms with E-state index in [1.165, 1.54) is 0 Å². The van der Waals surface area contributed by atoms with Crippen molar-refractivity contribution < 1.29 is 29.6 Å². The molecule has 9 heteroatoms. The minimum atomic E-state index is -1.50. The number of aromatic nitrogens is 2. The van der Waals surface area contributed by atoms with Crippen LogP contribution in [-0.4, -0.2) is 54.6 Å².